The zero-order valence-electron chi connectivity index (χ0n) is 18.3. The lowest BCUT2D eigenvalue weighted by Gasteiger charge is -2.06. The van der Waals surface area contributed by atoms with E-state index in [0.29, 0.717) is 18.0 Å². The van der Waals surface area contributed by atoms with Crippen molar-refractivity contribution < 1.29 is 9.53 Å². The molecule has 0 aliphatic rings. The molecule has 2 aromatic carbocycles. The smallest absolute Gasteiger partial charge is 0.264 e. The maximum Gasteiger partial charge on any atom is 0.264 e. The normalized spacial score (nSPS) is 11.0. The van der Waals surface area contributed by atoms with Crippen LogP contribution in [-0.2, 0) is 11.2 Å². The number of nitrogens with zero attached hydrogens (tertiary/aromatic N) is 3. The Kier molecular flexibility index (Phi) is 5.92. The van der Waals surface area contributed by atoms with Gasteiger partial charge in [-0.3, -0.25) is 14.0 Å². The highest BCUT2D eigenvalue weighted by molar-refractivity contribution is 7.15. The van der Waals surface area contributed by atoms with Gasteiger partial charge in [0.15, 0.2) is 4.96 Å². The molecule has 9 heteroatoms. The number of nitrogens with one attached hydrogen (secondary N) is 2. The molecule has 34 heavy (non-hydrogen) atoms. The average Bonchev–Trinajstić information content (AvgIpc) is 3.43. The zero-order valence-corrected chi connectivity index (χ0v) is 19.1. The summed E-state index contributed by atoms with van der Waals surface area (Å²) in [6.07, 6.45) is 2.18. The summed E-state index contributed by atoms with van der Waals surface area (Å²) in [6.45, 7) is 2.58. The van der Waals surface area contributed by atoms with Crippen LogP contribution in [0.15, 0.2) is 77.0 Å². The molecular formula is C25H21N5O3S. The fourth-order valence-corrected chi connectivity index (χ4v) is 4.46. The molecule has 0 unspecified atom stereocenters. The standard InChI is InChI=1S/C25H21N5O3S/c1-2-33-20-9-5-17(6-10-20)22-14-30-19(15-34-25(30)27-22)13-24(32)26-18-7-3-16(4-8-18)21-11-12-23(31)29-28-21/h3-12,14-15H,2,13H2,1H3,(H,26,32)(H,29,31). The summed E-state index contributed by atoms with van der Waals surface area (Å²) in [7, 11) is 0. The lowest BCUT2D eigenvalue weighted by atomic mass is 10.1. The van der Waals surface area contributed by atoms with Crippen LogP contribution >= 0.6 is 11.3 Å². The van der Waals surface area contributed by atoms with Gasteiger partial charge in [0.1, 0.15) is 5.75 Å². The molecule has 3 aromatic heterocycles. The van der Waals surface area contributed by atoms with Gasteiger partial charge in [0.25, 0.3) is 5.56 Å². The highest BCUT2D eigenvalue weighted by Gasteiger charge is 2.13. The van der Waals surface area contributed by atoms with Gasteiger partial charge in [-0.25, -0.2) is 10.1 Å². The molecule has 170 valence electrons. The number of aromatic amines is 1. The first-order valence-corrected chi connectivity index (χ1v) is 11.6. The fourth-order valence-electron chi connectivity index (χ4n) is 3.58. The van der Waals surface area contributed by atoms with Crippen LogP contribution in [0, 0.1) is 0 Å². The number of hydrogen-bond acceptors (Lipinski definition) is 6. The van der Waals surface area contributed by atoms with Gasteiger partial charge in [0, 0.05) is 40.2 Å². The fraction of sp³-hybridized carbons (Fsp3) is 0.120. The van der Waals surface area contributed by atoms with E-state index in [1.54, 1.807) is 6.07 Å². The van der Waals surface area contributed by atoms with Crippen LogP contribution in [0.5, 0.6) is 5.75 Å². The minimum atomic E-state index is -0.250. The number of rotatable bonds is 7. The van der Waals surface area contributed by atoms with Crippen LogP contribution in [0.1, 0.15) is 12.6 Å². The molecule has 5 aromatic rings. The maximum atomic E-state index is 12.7. The lowest BCUT2D eigenvalue weighted by molar-refractivity contribution is -0.115. The van der Waals surface area contributed by atoms with Crippen LogP contribution in [0.3, 0.4) is 0 Å². The van der Waals surface area contributed by atoms with Gasteiger partial charge < -0.3 is 10.1 Å². The summed E-state index contributed by atoms with van der Waals surface area (Å²) in [4.78, 5) is 29.4. The Morgan fingerprint density at radius 2 is 1.76 bits per heavy atom. The number of fused-ring (bicyclic) bond motifs is 1. The number of benzene rings is 2. The van der Waals surface area contributed by atoms with E-state index in [9.17, 15) is 9.59 Å². The van der Waals surface area contributed by atoms with Crippen molar-refractivity contribution in [3.05, 3.63) is 88.3 Å². The molecule has 3 heterocycles. The minimum Gasteiger partial charge on any atom is -0.494 e. The summed E-state index contributed by atoms with van der Waals surface area (Å²) in [5, 5.41) is 11.3. The molecule has 5 rings (SSSR count). The number of carbonyl (C=O) groups excluding carboxylic acids is 1. The first-order valence-electron chi connectivity index (χ1n) is 10.7. The second-order valence-electron chi connectivity index (χ2n) is 7.57. The minimum absolute atomic E-state index is 0.120. The molecule has 8 nitrogen and oxygen atoms in total. The van der Waals surface area contributed by atoms with Crippen molar-refractivity contribution in [2.75, 3.05) is 11.9 Å². The third kappa shape index (κ3) is 4.60. The Labute approximate surface area is 198 Å². The molecule has 0 aliphatic heterocycles. The van der Waals surface area contributed by atoms with E-state index >= 15 is 0 Å². The summed E-state index contributed by atoms with van der Waals surface area (Å²) >= 11 is 1.50. The van der Waals surface area contributed by atoms with E-state index in [-0.39, 0.29) is 17.9 Å². The number of aromatic nitrogens is 4. The summed E-state index contributed by atoms with van der Waals surface area (Å²) in [6, 6.07) is 18.2. The van der Waals surface area contributed by atoms with E-state index in [1.807, 2.05) is 71.4 Å². The molecule has 0 bridgehead atoms. The zero-order chi connectivity index (χ0) is 23.5. The van der Waals surface area contributed by atoms with Crippen molar-refractivity contribution in [1.82, 2.24) is 19.6 Å². The second kappa shape index (κ2) is 9.32. The summed E-state index contributed by atoms with van der Waals surface area (Å²) < 4.78 is 7.46. The lowest BCUT2D eigenvalue weighted by Crippen LogP contribution is -2.15. The van der Waals surface area contributed by atoms with E-state index in [2.05, 4.69) is 15.5 Å². The van der Waals surface area contributed by atoms with Crippen LogP contribution in [0.2, 0.25) is 0 Å². The third-order valence-electron chi connectivity index (χ3n) is 5.23. The van der Waals surface area contributed by atoms with E-state index in [4.69, 9.17) is 9.72 Å². The quantitative estimate of drug-likeness (QED) is 0.367. The Morgan fingerprint density at radius 3 is 2.47 bits per heavy atom. The molecule has 0 aliphatic carbocycles. The Morgan fingerprint density at radius 1 is 1.03 bits per heavy atom. The van der Waals surface area contributed by atoms with Crippen LogP contribution in [0.25, 0.3) is 27.5 Å². The molecule has 0 fully saturated rings. The van der Waals surface area contributed by atoms with Gasteiger partial charge in [-0.15, -0.1) is 11.3 Å². The SMILES string of the molecule is CCOc1ccc(-c2cn3c(CC(=O)Nc4ccc(-c5ccc(=O)[nH]n5)cc4)csc3n2)cc1. The largest absolute Gasteiger partial charge is 0.494 e. The number of anilines is 1. The Bertz CT molecular complexity index is 1480. The van der Waals surface area contributed by atoms with Crippen molar-refractivity contribution in [1.29, 1.82) is 0 Å². The highest BCUT2D eigenvalue weighted by Crippen LogP contribution is 2.26. The number of ether oxygens (including phenoxy) is 1. The van der Waals surface area contributed by atoms with Crippen molar-refractivity contribution in [2.45, 2.75) is 13.3 Å². The number of thiazole rings is 1. The highest BCUT2D eigenvalue weighted by atomic mass is 32.1. The van der Waals surface area contributed by atoms with Crippen molar-refractivity contribution in [3.63, 3.8) is 0 Å². The summed E-state index contributed by atoms with van der Waals surface area (Å²) in [5.74, 6) is 0.707. The monoisotopic (exact) mass is 471 g/mol. The maximum absolute atomic E-state index is 12.7. The van der Waals surface area contributed by atoms with Gasteiger partial charge in [-0.1, -0.05) is 12.1 Å². The van der Waals surface area contributed by atoms with Crippen molar-refractivity contribution >= 4 is 27.9 Å². The average molecular weight is 472 g/mol. The van der Waals surface area contributed by atoms with Gasteiger partial charge in [0.05, 0.1) is 24.4 Å². The summed E-state index contributed by atoms with van der Waals surface area (Å²) in [5.41, 5.74) is 4.65. The predicted octanol–water partition coefficient (Wildman–Crippen LogP) is 4.39. The molecule has 0 saturated heterocycles. The van der Waals surface area contributed by atoms with Gasteiger partial charge in [-0.2, -0.15) is 5.10 Å². The topological polar surface area (TPSA) is 101 Å². The molecule has 0 radical (unpaired) electrons. The first-order chi connectivity index (χ1) is 16.6. The van der Waals surface area contributed by atoms with E-state index < -0.39 is 0 Å². The van der Waals surface area contributed by atoms with Gasteiger partial charge >= 0.3 is 0 Å². The number of H-pyrrole nitrogens is 1. The molecule has 2 N–H and O–H groups in total. The molecule has 0 saturated carbocycles. The Hall–Kier alpha value is -4.24. The number of imidazole rings is 1. The van der Waals surface area contributed by atoms with E-state index in [1.165, 1.54) is 17.4 Å². The number of amides is 1. The Balaban J connectivity index is 1.27. The molecule has 1 amide bonds. The molecule has 0 spiro atoms. The van der Waals surface area contributed by atoms with Crippen LogP contribution in [-0.4, -0.2) is 32.1 Å². The van der Waals surface area contributed by atoms with Gasteiger partial charge in [0.2, 0.25) is 5.91 Å². The molecular weight excluding hydrogens is 450 g/mol. The van der Waals surface area contributed by atoms with E-state index in [0.717, 1.165) is 33.2 Å². The van der Waals surface area contributed by atoms with Crippen LogP contribution < -0.4 is 15.6 Å². The predicted molar refractivity (Wildman–Crippen MR) is 132 cm³/mol. The number of carbonyl (C=O) groups is 1. The second-order valence-corrected chi connectivity index (χ2v) is 8.41. The molecule has 0 atom stereocenters. The van der Waals surface area contributed by atoms with Crippen molar-refractivity contribution in [3.8, 4) is 28.3 Å². The number of hydrogen-bond donors (Lipinski definition) is 2. The van der Waals surface area contributed by atoms with Crippen LogP contribution in [0.4, 0.5) is 5.69 Å². The first kappa shape index (κ1) is 21.6. The third-order valence-corrected chi connectivity index (χ3v) is 6.12. The van der Waals surface area contributed by atoms with Gasteiger partial charge in [-0.05, 0) is 49.4 Å². The van der Waals surface area contributed by atoms with Crippen molar-refractivity contribution in [2.24, 2.45) is 0 Å².